The molecule has 0 spiro atoms. The van der Waals surface area contributed by atoms with Crippen molar-refractivity contribution >= 4 is 41.0 Å². The molecule has 2 aromatic rings. The Morgan fingerprint density at radius 3 is 2.71 bits per heavy atom. The SMILES string of the molecule is CC1=NOC(=O)/C1=C/c1ccc(OCc2cccc(Cl)c2)c(Cl)c1. The van der Waals surface area contributed by atoms with Gasteiger partial charge < -0.3 is 9.57 Å². The topological polar surface area (TPSA) is 47.9 Å². The molecule has 2 aromatic carbocycles. The van der Waals surface area contributed by atoms with Gasteiger partial charge in [0, 0.05) is 5.02 Å². The lowest BCUT2D eigenvalue weighted by atomic mass is 10.1. The van der Waals surface area contributed by atoms with E-state index >= 15 is 0 Å². The Kier molecular flexibility index (Phi) is 4.88. The molecule has 0 radical (unpaired) electrons. The van der Waals surface area contributed by atoms with Crippen LogP contribution in [0.4, 0.5) is 0 Å². The van der Waals surface area contributed by atoms with Gasteiger partial charge in [0.25, 0.3) is 0 Å². The van der Waals surface area contributed by atoms with Gasteiger partial charge in [-0.05, 0) is 48.4 Å². The predicted octanol–water partition coefficient (Wildman–Crippen LogP) is 4.89. The molecular formula is C18H13Cl2NO3. The smallest absolute Gasteiger partial charge is 0.367 e. The van der Waals surface area contributed by atoms with Crippen LogP contribution in [0.1, 0.15) is 18.1 Å². The molecule has 0 N–H and O–H groups in total. The molecule has 0 saturated carbocycles. The molecule has 0 aliphatic carbocycles. The molecule has 0 fully saturated rings. The second kappa shape index (κ2) is 7.07. The third-order valence-electron chi connectivity index (χ3n) is 3.43. The van der Waals surface area contributed by atoms with Gasteiger partial charge >= 0.3 is 5.97 Å². The first kappa shape index (κ1) is 16.6. The molecule has 24 heavy (non-hydrogen) atoms. The zero-order chi connectivity index (χ0) is 17.1. The molecule has 6 heteroatoms. The summed E-state index contributed by atoms with van der Waals surface area (Å²) in [7, 11) is 0. The second-order valence-corrected chi connectivity index (χ2v) is 6.07. The lowest BCUT2D eigenvalue weighted by molar-refractivity contribution is -0.136. The first-order chi connectivity index (χ1) is 11.5. The fourth-order valence-corrected chi connectivity index (χ4v) is 2.65. The Morgan fingerprint density at radius 2 is 2.04 bits per heavy atom. The van der Waals surface area contributed by atoms with E-state index in [4.69, 9.17) is 27.9 Å². The Labute approximate surface area is 149 Å². The summed E-state index contributed by atoms with van der Waals surface area (Å²) in [4.78, 5) is 16.2. The van der Waals surface area contributed by atoms with Crippen LogP contribution in [-0.4, -0.2) is 11.7 Å². The fraction of sp³-hybridized carbons (Fsp3) is 0.111. The Hall–Kier alpha value is -2.30. The average Bonchev–Trinajstić information content (AvgIpc) is 2.86. The Balaban J connectivity index is 1.74. The summed E-state index contributed by atoms with van der Waals surface area (Å²) >= 11 is 12.2. The van der Waals surface area contributed by atoms with Crippen LogP contribution >= 0.6 is 23.2 Å². The van der Waals surface area contributed by atoms with E-state index < -0.39 is 5.97 Å². The average molecular weight is 362 g/mol. The number of ether oxygens (including phenoxy) is 1. The van der Waals surface area contributed by atoms with Crippen molar-refractivity contribution < 1.29 is 14.4 Å². The minimum atomic E-state index is -0.468. The van der Waals surface area contributed by atoms with Crippen molar-refractivity contribution in [1.82, 2.24) is 0 Å². The molecule has 0 unspecified atom stereocenters. The van der Waals surface area contributed by atoms with E-state index in [0.29, 0.717) is 33.7 Å². The standard InChI is InChI=1S/C18H13Cl2NO3/c1-11-15(18(22)24-21-11)8-12-5-6-17(16(20)9-12)23-10-13-3-2-4-14(19)7-13/h2-9H,10H2,1H3/b15-8+. The zero-order valence-corrected chi connectivity index (χ0v) is 14.3. The number of oxime groups is 1. The van der Waals surface area contributed by atoms with Crippen molar-refractivity contribution in [2.24, 2.45) is 5.16 Å². The highest BCUT2D eigenvalue weighted by Gasteiger charge is 2.21. The first-order valence-corrected chi connectivity index (χ1v) is 7.93. The number of halogens is 2. The molecule has 122 valence electrons. The van der Waals surface area contributed by atoms with E-state index in [9.17, 15) is 4.79 Å². The molecule has 0 saturated heterocycles. The molecule has 0 bridgehead atoms. The number of benzene rings is 2. The molecule has 0 aromatic heterocycles. The van der Waals surface area contributed by atoms with Crippen molar-refractivity contribution in [3.8, 4) is 5.75 Å². The molecule has 3 rings (SSSR count). The normalized spacial score (nSPS) is 15.4. The van der Waals surface area contributed by atoms with Gasteiger partial charge in [0.05, 0.1) is 16.3 Å². The molecule has 4 nitrogen and oxygen atoms in total. The zero-order valence-electron chi connectivity index (χ0n) is 12.8. The van der Waals surface area contributed by atoms with Crippen LogP contribution in [0.2, 0.25) is 10.0 Å². The van der Waals surface area contributed by atoms with Crippen molar-refractivity contribution in [3.63, 3.8) is 0 Å². The van der Waals surface area contributed by atoms with Gasteiger partial charge in [-0.25, -0.2) is 4.79 Å². The van der Waals surface area contributed by atoms with E-state index in [1.54, 1.807) is 31.2 Å². The van der Waals surface area contributed by atoms with Crippen LogP contribution in [0.25, 0.3) is 6.08 Å². The van der Waals surface area contributed by atoms with Gasteiger partial charge in [-0.2, -0.15) is 0 Å². The molecule has 0 amide bonds. The van der Waals surface area contributed by atoms with Gasteiger partial charge in [0.15, 0.2) is 0 Å². The summed E-state index contributed by atoms with van der Waals surface area (Å²) in [6.07, 6.45) is 1.68. The van der Waals surface area contributed by atoms with Crippen LogP contribution in [0.3, 0.4) is 0 Å². The monoisotopic (exact) mass is 361 g/mol. The maximum absolute atomic E-state index is 11.6. The number of carbonyl (C=O) groups excluding carboxylic acids is 1. The van der Waals surface area contributed by atoms with Crippen LogP contribution < -0.4 is 4.74 Å². The van der Waals surface area contributed by atoms with Crippen molar-refractivity contribution in [1.29, 1.82) is 0 Å². The second-order valence-electron chi connectivity index (χ2n) is 5.22. The number of carbonyl (C=O) groups is 1. The highest BCUT2D eigenvalue weighted by atomic mass is 35.5. The van der Waals surface area contributed by atoms with E-state index in [0.717, 1.165) is 11.1 Å². The number of nitrogens with zero attached hydrogens (tertiary/aromatic N) is 1. The quantitative estimate of drug-likeness (QED) is 0.575. The van der Waals surface area contributed by atoms with Gasteiger partial charge in [0.2, 0.25) is 0 Å². The van der Waals surface area contributed by atoms with Gasteiger partial charge in [-0.1, -0.05) is 46.6 Å². The molecule has 0 atom stereocenters. The minimum absolute atomic E-state index is 0.360. The third-order valence-corrected chi connectivity index (χ3v) is 3.96. The maximum atomic E-state index is 11.6. The van der Waals surface area contributed by atoms with E-state index in [2.05, 4.69) is 9.99 Å². The van der Waals surface area contributed by atoms with Gasteiger partial charge in [-0.3, -0.25) is 0 Å². The van der Waals surface area contributed by atoms with Crippen LogP contribution in [0.15, 0.2) is 53.2 Å². The van der Waals surface area contributed by atoms with Crippen LogP contribution in [-0.2, 0) is 16.2 Å². The molecule has 1 aliphatic heterocycles. The van der Waals surface area contributed by atoms with Gasteiger partial charge in [-0.15, -0.1) is 0 Å². The van der Waals surface area contributed by atoms with Gasteiger partial charge in [0.1, 0.15) is 12.4 Å². The first-order valence-electron chi connectivity index (χ1n) is 7.18. The summed E-state index contributed by atoms with van der Waals surface area (Å²) in [6.45, 7) is 2.07. The Bertz CT molecular complexity index is 859. The summed E-state index contributed by atoms with van der Waals surface area (Å²) < 4.78 is 5.72. The highest BCUT2D eigenvalue weighted by molar-refractivity contribution is 6.32. The highest BCUT2D eigenvalue weighted by Crippen LogP contribution is 2.28. The lowest BCUT2D eigenvalue weighted by Crippen LogP contribution is -2.01. The summed E-state index contributed by atoms with van der Waals surface area (Å²) in [5.41, 5.74) is 2.67. The Morgan fingerprint density at radius 1 is 1.21 bits per heavy atom. The molecule has 1 aliphatic rings. The van der Waals surface area contributed by atoms with E-state index in [1.807, 2.05) is 24.3 Å². The summed E-state index contributed by atoms with van der Waals surface area (Å²) in [6, 6.07) is 12.7. The third kappa shape index (κ3) is 3.78. The number of hydrogen-bond donors (Lipinski definition) is 0. The predicted molar refractivity (Wildman–Crippen MR) is 94.4 cm³/mol. The summed E-state index contributed by atoms with van der Waals surface area (Å²) in [5.74, 6) is 0.0862. The number of rotatable bonds is 4. The largest absolute Gasteiger partial charge is 0.487 e. The summed E-state index contributed by atoms with van der Waals surface area (Å²) in [5, 5.41) is 4.74. The van der Waals surface area contributed by atoms with Crippen LogP contribution in [0.5, 0.6) is 5.75 Å². The number of hydrogen-bond acceptors (Lipinski definition) is 4. The van der Waals surface area contributed by atoms with Crippen molar-refractivity contribution in [2.75, 3.05) is 0 Å². The van der Waals surface area contributed by atoms with E-state index in [-0.39, 0.29) is 0 Å². The maximum Gasteiger partial charge on any atom is 0.367 e. The molecule has 1 heterocycles. The fourth-order valence-electron chi connectivity index (χ4n) is 2.20. The van der Waals surface area contributed by atoms with Crippen LogP contribution in [0, 0.1) is 0 Å². The van der Waals surface area contributed by atoms with Crippen molar-refractivity contribution in [3.05, 3.63) is 69.2 Å². The minimum Gasteiger partial charge on any atom is -0.487 e. The lowest BCUT2D eigenvalue weighted by Gasteiger charge is -2.09. The van der Waals surface area contributed by atoms with Crippen molar-refractivity contribution in [2.45, 2.75) is 13.5 Å². The molecular weight excluding hydrogens is 349 g/mol. The van der Waals surface area contributed by atoms with E-state index in [1.165, 1.54) is 0 Å².